The highest BCUT2D eigenvalue weighted by Crippen LogP contribution is 2.16. The summed E-state index contributed by atoms with van der Waals surface area (Å²) >= 11 is 0. The highest BCUT2D eigenvalue weighted by atomic mass is 16.6. The average molecular weight is 1110 g/mol. The number of rotatable bonds is 61. The smallest absolute Gasteiger partial charge is 0.309 e. The standard InChI is InChI=1S/C74H126O6/c1-4-7-10-13-16-19-22-25-28-30-31-32-33-34-35-36-37-38-39-40-41-42-43-44-47-49-52-55-58-61-64-67-73(76)79-70-71(69-78-72(75)66-63-60-57-54-51-48-45-27-24-21-18-15-12-9-6-3)80-74(77)68-65-62-59-56-53-50-46-29-26-23-20-17-14-11-8-5-2/h9,12,18,21-22,25,27,29-31,33-34,45-46,51,54,60,63,71H,4-8,10-11,13-17,19-20,23-24,26,28,32,35-44,47-50,52-53,55-59,61-62,64-70H2,1-3H3/b12-9-,21-18-,25-22-,31-30-,34-33-,45-27-,46-29-,54-51-,63-60-. The first kappa shape index (κ1) is 76.1. The molecule has 0 heterocycles. The van der Waals surface area contributed by atoms with Crippen LogP contribution in [0.25, 0.3) is 0 Å². The molecular weight excluding hydrogens is 985 g/mol. The lowest BCUT2D eigenvalue weighted by Crippen LogP contribution is -2.30. The number of allylic oxidation sites excluding steroid dienone is 17. The van der Waals surface area contributed by atoms with Gasteiger partial charge in [0.15, 0.2) is 6.10 Å². The fraction of sp³-hybridized carbons (Fsp3) is 0.716. The lowest BCUT2D eigenvalue weighted by molar-refractivity contribution is -0.166. The van der Waals surface area contributed by atoms with Gasteiger partial charge in [-0.1, -0.05) is 304 Å². The summed E-state index contributed by atoms with van der Waals surface area (Å²) in [4.78, 5) is 38.3. The van der Waals surface area contributed by atoms with Gasteiger partial charge < -0.3 is 14.2 Å². The third-order valence-corrected chi connectivity index (χ3v) is 14.5. The first-order valence-corrected chi connectivity index (χ1v) is 33.9. The molecule has 458 valence electrons. The lowest BCUT2D eigenvalue weighted by Gasteiger charge is -2.18. The van der Waals surface area contributed by atoms with Crippen LogP contribution in [0.5, 0.6) is 0 Å². The van der Waals surface area contributed by atoms with Crippen LogP contribution in [0.2, 0.25) is 0 Å². The number of unbranched alkanes of at least 4 members (excludes halogenated alkanes) is 33. The third kappa shape index (κ3) is 64.9. The Kier molecular flexibility index (Phi) is 64.3. The Morgan fingerprint density at radius 2 is 0.537 bits per heavy atom. The van der Waals surface area contributed by atoms with Crippen molar-refractivity contribution >= 4 is 17.9 Å². The molecule has 6 heteroatoms. The molecule has 0 aromatic heterocycles. The number of hydrogen-bond acceptors (Lipinski definition) is 6. The summed E-state index contributed by atoms with van der Waals surface area (Å²) in [6, 6.07) is 0. The molecule has 0 aliphatic carbocycles. The Morgan fingerprint density at radius 1 is 0.275 bits per heavy atom. The Balaban J connectivity index is 4.29. The Labute approximate surface area is 495 Å². The molecule has 0 N–H and O–H groups in total. The summed E-state index contributed by atoms with van der Waals surface area (Å²) in [5.74, 6) is -1.04. The second kappa shape index (κ2) is 67.6. The molecule has 0 aliphatic heterocycles. The van der Waals surface area contributed by atoms with E-state index >= 15 is 0 Å². The van der Waals surface area contributed by atoms with Crippen molar-refractivity contribution in [1.29, 1.82) is 0 Å². The molecule has 6 nitrogen and oxygen atoms in total. The molecule has 0 aliphatic rings. The molecule has 0 bridgehead atoms. The Bertz CT molecular complexity index is 1610. The van der Waals surface area contributed by atoms with Gasteiger partial charge >= 0.3 is 17.9 Å². The third-order valence-electron chi connectivity index (χ3n) is 14.5. The number of hydrogen-bond donors (Lipinski definition) is 0. The summed E-state index contributed by atoms with van der Waals surface area (Å²) < 4.78 is 16.8. The molecule has 0 radical (unpaired) electrons. The van der Waals surface area contributed by atoms with Crippen molar-refractivity contribution in [3.8, 4) is 0 Å². The first-order valence-electron chi connectivity index (χ1n) is 33.9. The average Bonchev–Trinajstić information content (AvgIpc) is 3.46. The molecule has 0 saturated carbocycles. The van der Waals surface area contributed by atoms with Crippen LogP contribution in [-0.4, -0.2) is 37.2 Å². The largest absolute Gasteiger partial charge is 0.462 e. The van der Waals surface area contributed by atoms with Gasteiger partial charge in [0.05, 0.1) is 6.42 Å². The molecule has 0 saturated heterocycles. The minimum absolute atomic E-state index is 0.110. The first-order chi connectivity index (χ1) is 39.5. The van der Waals surface area contributed by atoms with E-state index in [1.807, 2.05) is 6.08 Å². The highest BCUT2D eigenvalue weighted by Gasteiger charge is 2.19. The van der Waals surface area contributed by atoms with Gasteiger partial charge in [-0.2, -0.15) is 0 Å². The van der Waals surface area contributed by atoms with Crippen molar-refractivity contribution in [3.63, 3.8) is 0 Å². The summed E-state index contributed by atoms with van der Waals surface area (Å²) in [7, 11) is 0. The molecule has 0 rings (SSSR count). The van der Waals surface area contributed by atoms with Gasteiger partial charge in [0, 0.05) is 12.8 Å². The number of esters is 3. The van der Waals surface area contributed by atoms with Crippen molar-refractivity contribution in [2.24, 2.45) is 0 Å². The molecule has 0 aromatic carbocycles. The van der Waals surface area contributed by atoms with Crippen LogP contribution in [0.4, 0.5) is 0 Å². The Morgan fingerprint density at radius 3 is 0.887 bits per heavy atom. The van der Waals surface area contributed by atoms with E-state index in [1.165, 1.54) is 186 Å². The van der Waals surface area contributed by atoms with E-state index in [1.54, 1.807) is 6.08 Å². The second-order valence-corrected chi connectivity index (χ2v) is 22.4. The highest BCUT2D eigenvalue weighted by molar-refractivity contribution is 5.72. The van der Waals surface area contributed by atoms with Crippen LogP contribution < -0.4 is 0 Å². The second-order valence-electron chi connectivity index (χ2n) is 22.4. The van der Waals surface area contributed by atoms with Gasteiger partial charge in [0.25, 0.3) is 0 Å². The summed E-state index contributed by atoms with van der Waals surface area (Å²) in [6.07, 6.45) is 92.9. The molecular formula is C74H126O6. The summed E-state index contributed by atoms with van der Waals surface area (Å²) in [6.45, 7) is 6.44. The molecule has 0 aromatic rings. The van der Waals surface area contributed by atoms with Crippen LogP contribution >= 0.6 is 0 Å². The topological polar surface area (TPSA) is 78.9 Å². The van der Waals surface area contributed by atoms with E-state index in [0.717, 1.165) is 96.3 Å². The fourth-order valence-corrected chi connectivity index (χ4v) is 9.46. The molecule has 1 unspecified atom stereocenters. The monoisotopic (exact) mass is 1110 g/mol. The van der Waals surface area contributed by atoms with E-state index in [0.29, 0.717) is 12.8 Å². The zero-order valence-corrected chi connectivity index (χ0v) is 52.6. The summed E-state index contributed by atoms with van der Waals surface area (Å²) in [5, 5.41) is 0. The molecule has 0 fully saturated rings. The zero-order valence-electron chi connectivity index (χ0n) is 52.6. The fourth-order valence-electron chi connectivity index (χ4n) is 9.46. The maximum atomic E-state index is 12.9. The van der Waals surface area contributed by atoms with Crippen molar-refractivity contribution in [2.45, 2.75) is 329 Å². The van der Waals surface area contributed by atoms with E-state index in [2.05, 4.69) is 118 Å². The number of carbonyl (C=O) groups is 3. The minimum Gasteiger partial charge on any atom is -0.462 e. The maximum absolute atomic E-state index is 12.9. The normalized spacial score (nSPS) is 12.8. The van der Waals surface area contributed by atoms with Crippen LogP contribution in [0, 0.1) is 0 Å². The molecule has 0 amide bonds. The van der Waals surface area contributed by atoms with Gasteiger partial charge in [0.2, 0.25) is 0 Å². The van der Waals surface area contributed by atoms with E-state index in [4.69, 9.17) is 14.2 Å². The zero-order chi connectivity index (χ0) is 57.8. The predicted molar refractivity (Wildman–Crippen MR) is 348 cm³/mol. The van der Waals surface area contributed by atoms with Gasteiger partial charge in [-0.05, 0) is 109 Å². The van der Waals surface area contributed by atoms with Gasteiger partial charge in [-0.3, -0.25) is 14.4 Å². The van der Waals surface area contributed by atoms with E-state index in [9.17, 15) is 14.4 Å². The van der Waals surface area contributed by atoms with Crippen LogP contribution in [0.15, 0.2) is 109 Å². The van der Waals surface area contributed by atoms with Crippen LogP contribution in [-0.2, 0) is 28.6 Å². The van der Waals surface area contributed by atoms with Crippen LogP contribution in [0.3, 0.4) is 0 Å². The van der Waals surface area contributed by atoms with Gasteiger partial charge in [0.1, 0.15) is 13.2 Å². The molecule has 0 spiro atoms. The predicted octanol–water partition coefficient (Wildman–Crippen LogP) is 23.4. The van der Waals surface area contributed by atoms with E-state index < -0.39 is 12.1 Å². The molecule has 80 heavy (non-hydrogen) atoms. The van der Waals surface area contributed by atoms with Crippen molar-refractivity contribution in [3.05, 3.63) is 109 Å². The maximum Gasteiger partial charge on any atom is 0.309 e. The number of ether oxygens (including phenoxy) is 3. The Hall–Kier alpha value is -3.93. The lowest BCUT2D eigenvalue weighted by atomic mass is 10.0. The van der Waals surface area contributed by atoms with Crippen LogP contribution in [0.1, 0.15) is 323 Å². The molecule has 1 atom stereocenters. The van der Waals surface area contributed by atoms with Crippen molar-refractivity contribution in [1.82, 2.24) is 0 Å². The summed E-state index contributed by atoms with van der Waals surface area (Å²) in [5.41, 5.74) is 0. The van der Waals surface area contributed by atoms with Gasteiger partial charge in [-0.15, -0.1) is 0 Å². The quantitative estimate of drug-likeness (QED) is 0.0261. The SMILES string of the molecule is CC/C=C\C/C=C\C/C=C\C/C=C\C/C=C\CC(=O)OCC(COC(=O)CCCCCCCCCCCCCCCCCC/C=C\C/C=C\C/C=C\CCCCCCC)OC(=O)CCCCCCC/C=C\CCCCCCCCC. The van der Waals surface area contributed by atoms with E-state index in [-0.39, 0.29) is 31.6 Å². The number of carbonyl (C=O) groups excluding carboxylic acids is 3. The van der Waals surface area contributed by atoms with Crippen molar-refractivity contribution < 1.29 is 28.6 Å². The van der Waals surface area contributed by atoms with Crippen molar-refractivity contribution in [2.75, 3.05) is 13.2 Å². The minimum atomic E-state index is -0.824. The van der Waals surface area contributed by atoms with Gasteiger partial charge in [-0.25, -0.2) is 0 Å².